The predicted octanol–water partition coefficient (Wildman–Crippen LogP) is 2.43. The van der Waals surface area contributed by atoms with E-state index in [4.69, 9.17) is 5.10 Å². The molecule has 0 aromatic heterocycles. The first-order valence-electron chi connectivity index (χ1n) is 5.27. The predicted molar refractivity (Wildman–Crippen MR) is 55.5 cm³/mol. The highest BCUT2D eigenvalue weighted by Gasteiger charge is 2.34. The van der Waals surface area contributed by atoms with Gasteiger partial charge in [-0.1, -0.05) is 25.5 Å². The minimum absolute atomic E-state index is 0.254. The highest BCUT2D eigenvalue weighted by Crippen LogP contribution is 2.25. The molecule has 2 aliphatic heterocycles. The Morgan fingerprint density at radius 1 is 1.23 bits per heavy atom. The van der Waals surface area contributed by atoms with E-state index in [1.165, 1.54) is 25.0 Å². The van der Waals surface area contributed by atoms with Crippen LogP contribution in [0.2, 0.25) is 0 Å². The summed E-state index contributed by atoms with van der Waals surface area (Å²) in [7, 11) is 0. The minimum atomic E-state index is 0.254. The van der Waals surface area contributed by atoms with E-state index in [2.05, 4.69) is 25.5 Å². The van der Waals surface area contributed by atoms with E-state index >= 15 is 0 Å². The lowest BCUT2D eigenvalue weighted by molar-refractivity contribution is -0.535. The van der Waals surface area contributed by atoms with Crippen molar-refractivity contribution in [2.45, 2.75) is 46.5 Å². The topological polar surface area (TPSA) is 15.4 Å². The van der Waals surface area contributed by atoms with Crippen LogP contribution < -0.4 is 0 Å². The third kappa shape index (κ3) is 1.67. The Bertz CT molecular complexity index is 279. The first-order valence-corrected chi connectivity index (χ1v) is 5.27. The maximum atomic E-state index is 4.69. The summed E-state index contributed by atoms with van der Waals surface area (Å²) in [5.74, 6) is 0. The van der Waals surface area contributed by atoms with E-state index in [9.17, 15) is 0 Å². The van der Waals surface area contributed by atoms with Gasteiger partial charge in [-0.3, -0.25) is 0 Å². The van der Waals surface area contributed by atoms with Crippen molar-refractivity contribution in [3.05, 3.63) is 0 Å². The van der Waals surface area contributed by atoms with E-state index < -0.39 is 0 Å². The molecule has 0 saturated carbocycles. The molecule has 0 aliphatic carbocycles. The molecule has 0 amide bonds. The molecule has 0 fully saturated rings. The van der Waals surface area contributed by atoms with E-state index in [0.717, 1.165) is 13.0 Å². The van der Waals surface area contributed by atoms with Crippen LogP contribution in [0.3, 0.4) is 0 Å². The molecule has 0 bridgehead atoms. The molecule has 2 nitrogen and oxygen atoms in total. The second-order valence-corrected chi connectivity index (χ2v) is 5.12. The van der Waals surface area contributed by atoms with Crippen molar-refractivity contribution < 1.29 is 4.68 Å². The van der Waals surface area contributed by atoms with Crippen LogP contribution in [0, 0.1) is 5.41 Å². The number of rotatable bonds is 0. The van der Waals surface area contributed by atoms with Crippen LogP contribution in [0.25, 0.3) is 0 Å². The summed E-state index contributed by atoms with van der Waals surface area (Å²) in [5.41, 5.74) is 3.17. The average molecular weight is 179 g/mol. The van der Waals surface area contributed by atoms with Crippen LogP contribution in [0.4, 0.5) is 0 Å². The lowest BCUT2D eigenvalue weighted by atomic mass is 9.86. The Morgan fingerprint density at radius 2 is 2.00 bits per heavy atom. The maximum Gasteiger partial charge on any atom is 0.191 e. The number of hydrazone groups is 1. The van der Waals surface area contributed by atoms with E-state index in [-0.39, 0.29) is 5.41 Å². The minimum Gasteiger partial charge on any atom is -0.0921 e. The average Bonchev–Trinajstić information content (AvgIpc) is 2.45. The Hall–Kier alpha value is -0.660. The van der Waals surface area contributed by atoms with E-state index in [1.54, 1.807) is 5.71 Å². The van der Waals surface area contributed by atoms with Gasteiger partial charge in [0.1, 0.15) is 5.71 Å². The second-order valence-electron chi connectivity index (χ2n) is 5.12. The highest BCUT2D eigenvalue weighted by atomic mass is 15.4. The molecule has 0 saturated heterocycles. The van der Waals surface area contributed by atoms with E-state index in [1.807, 2.05) is 0 Å². The Balaban J connectivity index is 2.17. The van der Waals surface area contributed by atoms with Gasteiger partial charge in [-0.15, -0.1) is 0 Å². The fourth-order valence-electron chi connectivity index (χ4n) is 1.97. The van der Waals surface area contributed by atoms with Crippen molar-refractivity contribution >= 4 is 11.4 Å². The molecule has 0 atom stereocenters. The molecule has 0 N–H and O–H groups in total. The molecular formula is C11H19N2+. The van der Waals surface area contributed by atoms with Crippen molar-refractivity contribution in [3.8, 4) is 0 Å². The van der Waals surface area contributed by atoms with Crippen LogP contribution in [-0.2, 0) is 0 Å². The Kier molecular flexibility index (Phi) is 2.01. The van der Waals surface area contributed by atoms with Crippen LogP contribution >= 0.6 is 0 Å². The lowest BCUT2D eigenvalue weighted by Gasteiger charge is -2.14. The molecule has 72 valence electrons. The standard InChI is InChI=1S/C11H19N2/c1-11(2,3)10-8-9-6-4-5-7-13(9)12-10/h4-8H2,1-3H3/q+1. The fraction of sp³-hybridized carbons (Fsp3) is 0.818. The quantitative estimate of drug-likeness (QED) is 0.508. The molecule has 2 rings (SSSR count). The molecule has 0 radical (unpaired) electrons. The van der Waals surface area contributed by atoms with Gasteiger partial charge in [0, 0.05) is 18.3 Å². The number of nitrogens with zero attached hydrogens (tertiary/aromatic N) is 2. The number of hydrogen-bond donors (Lipinski definition) is 0. The number of hydrogen-bond acceptors (Lipinski definition) is 1. The monoisotopic (exact) mass is 179 g/mol. The van der Waals surface area contributed by atoms with Gasteiger partial charge in [-0.25, -0.2) is 0 Å². The second kappa shape index (κ2) is 2.93. The summed E-state index contributed by atoms with van der Waals surface area (Å²) in [5, 5.41) is 4.69. The molecule has 2 aliphatic rings. The summed E-state index contributed by atoms with van der Waals surface area (Å²) in [6.45, 7) is 7.91. The zero-order valence-electron chi connectivity index (χ0n) is 8.93. The Morgan fingerprint density at radius 3 is 2.62 bits per heavy atom. The van der Waals surface area contributed by atoms with Gasteiger partial charge in [0.15, 0.2) is 12.3 Å². The summed E-state index contributed by atoms with van der Waals surface area (Å²) in [6, 6.07) is 0. The normalized spacial score (nSPS) is 23.2. The molecule has 2 heteroatoms. The van der Waals surface area contributed by atoms with Crippen LogP contribution in [-0.4, -0.2) is 22.7 Å². The van der Waals surface area contributed by atoms with Gasteiger partial charge in [0.2, 0.25) is 0 Å². The SMILES string of the molecule is CC(C)(C)C1=N[N+]2=C(CCCC2)C1. The van der Waals surface area contributed by atoms with Gasteiger partial charge >= 0.3 is 0 Å². The highest BCUT2D eigenvalue weighted by molar-refractivity contribution is 6.06. The molecule has 0 aromatic carbocycles. The first kappa shape index (κ1) is 8.92. The van der Waals surface area contributed by atoms with Crippen molar-refractivity contribution in [1.29, 1.82) is 0 Å². The van der Waals surface area contributed by atoms with E-state index in [0.29, 0.717) is 0 Å². The zero-order valence-corrected chi connectivity index (χ0v) is 8.93. The van der Waals surface area contributed by atoms with Crippen molar-refractivity contribution in [1.82, 2.24) is 0 Å². The van der Waals surface area contributed by atoms with Crippen LogP contribution in [0.1, 0.15) is 46.5 Å². The molecule has 13 heavy (non-hydrogen) atoms. The largest absolute Gasteiger partial charge is 0.191 e. The molecule has 0 unspecified atom stereocenters. The zero-order chi connectivity index (χ0) is 9.47. The summed E-state index contributed by atoms with van der Waals surface area (Å²) >= 11 is 0. The Labute approximate surface area is 80.3 Å². The fourth-order valence-corrected chi connectivity index (χ4v) is 1.97. The van der Waals surface area contributed by atoms with Crippen molar-refractivity contribution in [2.24, 2.45) is 10.5 Å². The van der Waals surface area contributed by atoms with Crippen molar-refractivity contribution in [2.75, 3.05) is 6.54 Å². The third-order valence-corrected chi connectivity index (χ3v) is 2.93. The molecular weight excluding hydrogens is 160 g/mol. The molecule has 0 aromatic rings. The van der Waals surface area contributed by atoms with Gasteiger partial charge in [-0.2, -0.15) is 0 Å². The molecule has 0 spiro atoms. The van der Waals surface area contributed by atoms with Crippen LogP contribution in [0.5, 0.6) is 0 Å². The van der Waals surface area contributed by atoms with Crippen LogP contribution in [0.15, 0.2) is 5.10 Å². The molecule has 2 heterocycles. The van der Waals surface area contributed by atoms with Gasteiger partial charge in [0.25, 0.3) is 0 Å². The summed E-state index contributed by atoms with van der Waals surface area (Å²) < 4.78 is 2.24. The summed E-state index contributed by atoms with van der Waals surface area (Å²) in [6.07, 6.45) is 5.07. The maximum absolute atomic E-state index is 4.69. The first-order chi connectivity index (χ1) is 6.07. The lowest BCUT2D eigenvalue weighted by Crippen LogP contribution is -2.21. The smallest absolute Gasteiger partial charge is 0.0921 e. The van der Waals surface area contributed by atoms with Crippen molar-refractivity contribution in [3.63, 3.8) is 0 Å². The van der Waals surface area contributed by atoms with Gasteiger partial charge in [-0.05, 0) is 11.5 Å². The van der Waals surface area contributed by atoms with Gasteiger partial charge < -0.3 is 0 Å². The summed E-state index contributed by atoms with van der Waals surface area (Å²) in [4.78, 5) is 0. The van der Waals surface area contributed by atoms with Gasteiger partial charge in [0.05, 0.1) is 6.42 Å². The third-order valence-electron chi connectivity index (χ3n) is 2.93.